The van der Waals surface area contributed by atoms with Crippen LogP contribution >= 0.6 is 0 Å². The third-order valence-electron chi connectivity index (χ3n) is 4.36. The SMILES string of the molecule is OC(Cc1ccc(F)c(F)c1)C1CCc2ccccc2C1. The summed E-state index contributed by atoms with van der Waals surface area (Å²) >= 11 is 0. The number of fused-ring (bicyclic) bond motifs is 1. The van der Waals surface area contributed by atoms with Crippen molar-refractivity contribution in [2.24, 2.45) is 5.92 Å². The number of benzene rings is 2. The number of hydrogen-bond acceptors (Lipinski definition) is 1. The molecular formula is C18H18F2O. The van der Waals surface area contributed by atoms with Crippen LogP contribution in [0.5, 0.6) is 0 Å². The Morgan fingerprint density at radius 1 is 1.05 bits per heavy atom. The van der Waals surface area contributed by atoms with Crippen molar-refractivity contribution in [2.45, 2.75) is 31.8 Å². The molecule has 3 heteroatoms. The van der Waals surface area contributed by atoms with Crippen molar-refractivity contribution in [1.29, 1.82) is 0 Å². The minimum absolute atomic E-state index is 0.174. The van der Waals surface area contributed by atoms with Gasteiger partial charge in [-0.15, -0.1) is 0 Å². The smallest absolute Gasteiger partial charge is 0.159 e. The summed E-state index contributed by atoms with van der Waals surface area (Å²) in [5, 5.41) is 10.4. The van der Waals surface area contributed by atoms with Crippen LogP contribution in [0, 0.1) is 17.6 Å². The Hall–Kier alpha value is -1.74. The summed E-state index contributed by atoms with van der Waals surface area (Å²) < 4.78 is 26.1. The van der Waals surface area contributed by atoms with Gasteiger partial charge in [0, 0.05) is 0 Å². The van der Waals surface area contributed by atoms with Gasteiger partial charge in [0.1, 0.15) is 0 Å². The molecule has 0 heterocycles. The van der Waals surface area contributed by atoms with Gasteiger partial charge in [-0.3, -0.25) is 0 Å². The van der Waals surface area contributed by atoms with Crippen LogP contribution in [0.25, 0.3) is 0 Å². The van der Waals surface area contributed by atoms with E-state index in [0.29, 0.717) is 12.0 Å². The minimum atomic E-state index is -0.853. The molecule has 0 radical (unpaired) electrons. The molecule has 1 nitrogen and oxygen atoms in total. The first kappa shape index (κ1) is 14.2. The van der Waals surface area contributed by atoms with Gasteiger partial charge in [-0.1, -0.05) is 30.3 Å². The molecule has 110 valence electrons. The predicted molar refractivity (Wildman–Crippen MR) is 78.0 cm³/mol. The van der Waals surface area contributed by atoms with E-state index in [4.69, 9.17) is 0 Å². The summed E-state index contributed by atoms with van der Waals surface area (Å²) in [5.41, 5.74) is 3.28. The molecular weight excluding hydrogens is 270 g/mol. The molecule has 0 fully saturated rings. The molecule has 0 aliphatic heterocycles. The monoisotopic (exact) mass is 288 g/mol. The minimum Gasteiger partial charge on any atom is -0.392 e. The van der Waals surface area contributed by atoms with Gasteiger partial charge in [-0.25, -0.2) is 8.78 Å². The number of aliphatic hydroxyl groups is 1. The van der Waals surface area contributed by atoms with Crippen molar-refractivity contribution in [3.8, 4) is 0 Å². The molecule has 1 aliphatic carbocycles. The van der Waals surface area contributed by atoms with Crippen LogP contribution in [0.3, 0.4) is 0 Å². The third kappa shape index (κ3) is 3.13. The first-order valence-electron chi connectivity index (χ1n) is 7.32. The van der Waals surface area contributed by atoms with Crippen molar-refractivity contribution < 1.29 is 13.9 Å². The largest absolute Gasteiger partial charge is 0.392 e. The fourth-order valence-electron chi connectivity index (χ4n) is 3.13. The summed E-state index contributed by atoms with van der Waals surface area (Å²) in [6, 6.07) is 12.1. The molecule has 3 rings (SSSR count). The van der Waals surface area contributed by atoms with Gasteiger partial charge >= 0.3 is 0 Å². The molecule has 0 spiro atoms. The van der Waals surface area contributed by atoms with Crippen molar-refractivity contribution in [2.75, 3.05) is 0 Å². The maximum Gasteiger partial charge on any atom is 0.159 e. The van der Waals surface area contributed by atoms with E-state index in [9.17, 15) is 13.9 Å². The van der Waals surface area contributed by atoms with Crippen LogP contribution in [-0.2, 0) is 19.3 Å². The Morgan fingerprint density at radius 2 is 1.81 bits per heavy atom. The highest BCUT2D eigenvalue weighted by atomic mass is 19.2. The molecule has 0 amide bonds. The van der Waals surface area contributed by atoms with E-state index in [2.05, 4.69) is 12.1 Å². The van der Waals surface area contributed by atoms with Crippen molar-refractivity contribution in [1.82, 2.24) is 0 Å². The van der Waals surface area contributed by atoms with Crippen LogP contribution in [0.1, 0.15) is 23.1 Å². The summed E-state index contributed by atoms with van der Waals surface area (Å²) in [6.07, 6.45) is 2.59. The Balaban J connectivity index is 1.69. The molecule has 21 heavy (non-hydrogen) atoms. The Morgan fingerprint density at radius 3 is 2.57 bits per heavy atom. The number of hydrogen-bond donors (Lipinski definition) is 1. The van der Waals surface area contributed by atoms with E-state index in [-0.39, 0.29) is 5.92 Å². The third-order valence-corrected chi connectivity index (χ3v) is 4.36. The van der Waals surface area contributed by atoms with Crippen molar-refractivity contribution >= 4 is 0 Å². The number of aryl methyl sites for hydroxylation is 1. The zero-order valence-electron chi connectivity index (χ0n) is 11.7. The fourth-order valence-corrected chi connectivity index (χ4v) is 3.13. The standard InChI is InChI=1S/C18H18F2O/c19-16-8-5-12(9-17(16)20)10-18(21)15-7-6-13-3-1-2-4-14(13)11-15/h1-5,8-9,15,18,21H,6-7,10-11H2. The lowest BCUT2D eigenvalue weighted by Gasteiger charge is -2.28. The highest BCUT2D eigenvalue weighted by molar-refractivity contribution is 5.30. The molecule has 0 aromatic heterocycles. The molecule has 1 N–H and O–H groups in total. The van der Waals surface area contributed by atoms with Crippen LogP contribution in [0.2, 0.25) is 0 Å². The van der Waals surface area contributed by atoms with Gasteiger partial charge in [-0.2, -0.15) is 0 Å². The second-order valence-corrected chi connectivity index (χ2v) is 5.79. The van der Waals surface area contributed by atoms with E-state index in [1.54, 1.807) is 6.07 Å². The summed E-state index contributed by atoms with van der Waals surface area (Å²) in [5.74, 6) is -1.53. The summed E-state index contributed by atoms with van der Waals surface area (Å²) in [7, 11) is 0. The van der Waals surface area contributed by atoms with E-state index in [1.165, 1.54) is 17.2 Å². The van der Waals surface area contributed by atoms with E-state index >= 15 is 0 Å². The van der Waals surface area contributed by atoms with Gasteiger partial charge in [0.2, 0.25) is 0 Å². The van der Waals surface area contributed by atoms with Crippen LogP contribution < -0.4 is 0 Å². The maximum absolute atomic E-state index is 13.2. The van der Waals surface area contributed by atoms with Gasteiger partial charge in [0.05, 0.1) is 6.10 Å². The molecule has 2 aromatic rings. The van der Waals surface area contributed by atoms with Crippen LogP contribution in [-0.4, -0.2) is 11.2 Å². The molecule has 2 atom stereocenters. The Bertz CT molecular complexity index is 639. The zero-order valence-corrected chi connectivity index (χ0v) is 11.7. The molecule has 0 bridgehead atoms. The fraction of sp³-hybridized carbons (Fsp3) is 0.333. The maximum atomic E-state index is 13.2. The van der Waals surface area contributed by atoms with Gasteiger partial charge < -0.3 is 5.11 Å². The number of aliphatic hydroxyl groups excluding tert-OH is 1. The predicted octanol–water partition coefficient (Wildman–Crippen LogP) is 3.67. The Labute approximate surface area is 123 Å². The lowest BCUT2D eigenvalue weighted by molar-refractivity contribution is 0.0992. The Kier molecular flexibility index (Phi) is 4.02. The van der Waals surface area contributed by atoms with Crippen LogP contribution in [0.4, 0.5) is 8.78 Å². The molecule has 2 unspecified atom stereocenters. The average Bonchev–Trinajstić information content (AvgIpc) is 2.50. The number of halogens is 2. The van der Waals surface area contributed by atoms with Gasteiger partial charge in [-0.05, 0) is 60.4 Å². The second-order valence-electron chi connectivity index (χ2n) is 5.79. The topological polar surface area (TPSA) is 20.2 Å². The van der Waals surface area contributed by atoms with E-state index in [1.807, 2.05) is 12.1 Å². The second kappa shape index (κ2) is 5.94. The normalized spacial score (nSPS) is 19.1. The zero-order chi connectivity index (χ0) is 14.8. The van der Waals surface area contributed by atoms with Crippen LogP contribution in [0.15, 0.2) is 42.5 Å². The number of rotatable bonds is 3. The highest BCUT2D eigenvalue weighted by Gasteiger charge is 2.25. The average molecular weight is 288 g/mol. The molecule has 2 aromatic carbocycles. The van der Waals surface area contributed by atoms with Gasteiger partial charge in [0.25, 0.3) is 0 Å². The van der Waals surface area contributed by atoms with E-state index in [0.717, 1.165) is 25.3 Å². The van der Waals surface area contributed by atoms with Crippen molar-refractivity contribution in [3.05, 3.63) is 70.8 Å². The highest BCUT2D eigenvalue weighted by Crippen LogP contribution is 2.28. The molecule has 1 aliphatic rings. The molecule has 0 saturated heterocycles. The molecule has 0 saturated carbocycles. The summed E-state index contributed by atoms with van der Waals surface area (Å²) in [4.78, 5) is 0. The quantitative estimate of drug-likeness (QED) is 0.913. The lowest BCUT2D eigenvalue weighted by atomic mass is 9.79. The van der Waals surface area contributed by atoms with E-state index < -0.39 is 17.7 Å². The first-order valence-corrected chi connectivity index (χ1v) is 7.32. The lowest BCUT2D eigenvalue weighted by Crippen LogP contribution is -2.28. The van der Waals surface area contributed by atoms with Crippen molar-refractivity contribution in [3.63, 3.8) is 0 Å². The first-order chi connectivity index (χ1) is 10.1. The van der Waals surface area contributed by atoms with Gasteiger partial charge in [0.15, 0.2) is 11.6 Å². The summed E-state index contributed by atoms with van der Waals surface area (Å²) in [6.45, 7) is 0.